The van der Waals surface area contributed by atoms with Crippen molar-refractivity contribution in [2.75, 3.05) is 32.6 Å². The molecule has 13 heteroatoms. The molecular formula is C28H36N4O8S. The molecule has 1 amide bonds. The number of likely N-dealkylation sites (N-methyl/N-ethyl adjacent to an activating group) is 1. The fourth-order valence-corrected chi connectivity index (χ4v) is 6.80. The van der Waals surface area contributed by atoms with E-state index in [-0.39, 0.29) is 17.0 Å². The first-order valence-electron chi connectivity index (χ1n) is 13.4. The lowest BCUT2D eigenvalue weighted by atomic mass is 9.54. The van der Waals surface area contributed by atoms with Crippen LogP contribution in [-0.2, 0) is 14.4 Å². The molecule has 4 rings (SSSR count). The number of benzene rings is 1. The topological polar surface area (TPSA) is 197 Å². The van der Waals surface area contributed by atoms with Gasteiger partial charge in [-0.25, -0.2) is 0 Å². The van der Waals surface area contributed by atoms with Crippen molar-refractivity contribution in [3.05, 3.63) is 40.2 Å². The van der Waals surface area contributed by atoms with Gasteiger partial charge in [-0.1, -0.05) is 26.3 Å². The van der Waals surface area contributed by atoms with E-state index in [1.54, 1.807) is 31.0 Å². The molecule has 6 atom stereocenters. The second-order valence-corrected chi connectivity index (χ2v) is 11.4. The summed E-state index contributed by atoms with van der Waals surface area (Å²) < 4.78 is 0. The number of Topliss-reactive ketones (excluding diaryl/α,β-unsaturated/α-hetero) is 2. The minimum Gasteiger partial charge on any atom is -0.508 e. The Morgan fingerprint density at radius 3 is 2.37 bits per heavy atom. The molecule has 12 nitrogen and oxygen atoms in total. The summed E-state index contributed by atoms with van der Waals surface area (Å²) >= 11 is 5.44. The van der Waals surface area contributed by atoms with Crippen molar-refractivity contribution in [3.8, 4) is 5.75 Å². The zero-order chi connectivity index (χ0) is 30.7. The highest BCUT2D eigenvalue weighted by atomic mass is 32.1. The van der Waals surface area contributed by atoms with Crippen LogP contribution in [0.3, 0.4) is 0 Å². The number of hydrogen-bond donors (Lipinski definition) is 7. The number of fused-ring (bicyclic) bond motifs is 3. The first-order chi connectivity index (χ1) is 19.2. The van der Waals surface area contributed by atoms with Crippen molar-refractivity contribution in [2.45, 2.75) is 50.4 Å². The van der Waals surface area contributed by atoms with Crippen LogP contribution >= 0.6 is 12.2 Å². The molecule has 1 fully saturated rings. The number of carbonyl (C=O) groups excluding carboxylic acids is 3. The highest BCUT2D eigenvalue weighted by Gasteiger charge is 2.68. The summed E-state index contributed by atoms with van der Waals surface area (Å²) in [4.78, 5) is 42.6. The van der Waals surface area contributed by atoms with Crippen molar-refractivity contribution in [3.63, 3.8) is 0 Å². The number of thiocarbonyl (C=S) groups is 1. The van der Waals surface area contributed by atoms with Gasteiger partial charge in [-0.3, -0.25) is 19.3 Å². The molecule has 0 heterocycles. The Morgan fingerprint density at radius 2 is 1.83 bits per heavy atom. The molecule has 0 aromatic heterocycles. The second kappa shape index (κ2) is 10.7. The van der Waals surface area contributed by atoms with Gasteiger partial charge in [0.2, 0.25) is 5.78 Å². The van der Waals surface area contributed by atoms with E-state index in [4.69, 9.17) is 18.0 Å². The number of hydrogen-bond acceptors (Lipinski definition) is 10. The number of amides is 1. The smallest absolute Gasteiger partial charge is 0.255 e. The molecule has 3 aliphatic carbocycles. The monoisotopic (exact) mass is 588 g/mol. The van der Waals surface area contributed by atoms with Crippen LogP contribution in [-0.4, -0.2) is 98.5 Å². The van der Waals surface area contributed by atoms with Crippen LogP contribution in [0.15, 0.2) is 29.0 Å². The Labute approximate surface area is 242 Å². The van der Waals surface area contributed by atoms with Gasteiger partial charge in [-0.15, -0.1) is 0 Å². The number of phenols is 1. The predicted octanol–water partition coefficient (Wildman–Crippen LogP) is 0.607. The van der Waals surface area contributed by atoms with E-state index in [9.17, 15) is 39.9 Å². The van der Waals surface area contributed by atoms with Crippen LogP contribution in [0, 0.1) is 11.8 Å². The summed E-state index contributed by atoms with van der Waals surface area (Å²) in [6, 6.07) is 1.89. The highest BCUT2D eigenvalue weighted by Crippen LogP contribution is 2.56. The van der Waals surface area contributed by atoms with Gasteiger partial charge in [0.15, 0.2) is 22.2 Å². The molecule has 0 spiro atoms. The van der Waals surface area contributed by atoms with E-state index in [0.717, 1.165) is 12.8 Å². The number of aromatic hydroxyl groups is 1. The van der Waals surface area contributed by atoms with Crippen molar-refractivity contribution < 1.29 is 39.9 Å². The highest BCUT2D eigenvalue weighted by molar-refractivity contribution is 7.80. The minimum absolute atomic E-state index is 0.0844. The predicted molar refractivity (Wildman–Crippen MR) is 154 cm³/mol. The fourth-order valence-electron chi connectivity index (χ4n) is 6.61. The maximum atomic E-state index is 14.1. The van der Waals surface area contributed by atoms with E-state index >= 15 is 0 Å². The van der Waals surface area contributed by atoms with Gasteiger partial charge in [0.05, 0.1) is 29.3 Å². The first kappa shape index (κ1) is 30.4. The largest absolute Gasteiger partial charge is 0.508 e. The SMILES string of the molecule is CCCCN(C(=S)NC)c1ccc2c(c1O)C(O)=C1C(=O)[C@]3(O)C(O)=C(C(N)=O)C(=O)[C@@H](N(C)C)C3[C@@H](O)C1[C@H]2C. The molecular weight excluding hydrogens is 552 g/mol. The van der Waals surface area contributed by atoms with Crippen LogP contribution in [0.2, 0.25) is 0 Å². The molecule has 8 N–H and O–H groups in total. The molecule has 1 saturated carbocycles. The van der Waals surface area contributed by atoms with Gasteiger partial charge in [0.25, 0.3) is 5.91 Å². The average molecular weight is 589 g/mol. The zero-order valence-corrected chi connectivity index (χ0v) is 24.3. The molecule has 1 aromatic rings. The Balaban J connectivity index is 1.99. The van der Waals surface area contributed by atoms with Gasteiger partial charge in [-0.2, -0.15) is 0 Å². The maximum Gasteiger partial charge on any atom is 0.255 e. The van der Waals surface area contributed by atoms with Crippen molar-refractivity contribution in [1.29, 1.82) is 0 Å². The molecule has 0 saturated heterocycles. The number of ketones is 2. The van der Waals surface area contributed by atoms with E-state index in [1.165, 1.54) is 19.0 Å². The van der Waals surface area contributed by atoms with Gasteiger partial charge >= 0.3 is 0 Å². The normalized spacial score (nSPS) is 29.2. The summed E-state index contributed by atoms with van der Waals surface area (Å²) in [5.74, 6) is -9.27. The Bertz CT molecular complexity index is 1410. The Hall–Kier alpha value is -3.52. The number of aliphatic hydroxyl groups excluding tert-OH is 3. The molecule has 41 heavy (non-hydrogen) atoms. The lowest BCUT2D eigenvalue weighted by Crippen LogP contribution is -2.70. The number of rotatable bonds is 6. The summed E-state index contributed by atoms with van der Waals surface area (Å²) in [7, 11) is 4.56. The number of primary amides is 1. The summed E-state index contributed by atoms with van der Waals surface area (Å²) in [6.45, 7) is 4.13. The lowest BCUT2D eigenvalue weighted by molar-refractivity contribution is -0.169. The number of unbranched alkanes of at least 4 members (excludes halogenated alkanes) is 1. The zero-order valence-electron chi connectivity index (χ0n) is 23.5. The Kier molecular flexibility index (Phi) is 7.95. The summed E-state index contributed by atoms with van der Waals surface area (Å²) in [5.41, 5.74) is 1.60. The molecule has 0 radical (unpaired) electrons. The summed E-state index contributed by atoms with van der Waals surface area (Å²) in [5, 5.41) is 60.7. The molecule has 222 valence electrons. The van der Waals surface area contributed by atoms with Gasteiger partial charge in [0, 0.05) is 25.1 Å². The van der Waals surface area contributed by atoms with Crippen molar-refractivity contribution >= 4 is 46.3 Å². The molecule has 0 aliphatic heterocycles. The molecule has 3 aliphatic rings. The van der Waals surface area contributed by atoms with Crippen LogP contribution in [0.4, 0.5) is 5.69 Å². The minimum atomic E-state index is -2.96. The van der Waals surface area contributed by atoms with Crippen LogP contribution in [0.1, 0.15) is 43.7 Å². The number of nitrogens with zero attached hydrogens (tertiary/aromatic N) is 2. The standard InChI is InChI=1S/C28H36N4O8S/c1-6-7-10-32(27(41)30-3)13-9-8-12-11(2)14-16(21(34)15(12)20(13)33)24(37)28(40)18(22(14)35)19(31(4)5)23(36)17(25(28)38)26(29)39/h8-9,11,14,18-19,22,33-35,38,40H,6-7,10H2,1-5H3,(H2,29,39)(H,30,41)/t11-,14?,18?,19-,22-,28-/m0/s1. The second-order valence-electron chi connectivity index (χ2n) is 11.0. The average Bonchev–Trinajstić information content (AvgIpc) is 2.91. The van der Waals surface area contributed by atoms with E-state index in [2.05, 4.69) is 5.32 Å². The first-order valence-corrected chi connectivity index (χ1v) is 13.8. The Morgan fingerprint density at radius 1 is 1.20 bits per heavy atom. The van der Waals surface area contributed by atoms with Crippen molar-refractivity contribution in [2.24, 2.45) is 17.6 Å². The van der Waals surface area contributed by atoms with Gasteiger partial charge in [-0.05, 0) is 50.3 Å². The third-order valence-electron chi connectivity index (χ3n) is 8.59. The number of aliphatic hydroxyl groups is 4. The number of nitrogens with two attached hydrogens (primary N) is 1. The maximum absolute atomic E-state index is 14.1. The third kappa shape index (κ3) is 4.21. The fraction of sp³-hybridized carbons (Fsp3) is 0.500. The summed E-state index contributed by atoms with van der Waals surface area (Å²) in [6.07, 6.45) is -0.0662. The number of nitrogens with one attached hydrogen (secondary N) is 1. The van der Waals surface area contributed by atoms with Gasteiger partial charge in [0.1, 0.15) is 17.1 Å². The molecule has 2 unspecified atom stereocenters. The lowest BCUT2D eigenvalue weighted by Gasteiger charge is -2.53. The molecule has 1 aromatic carbocycles. The van der Waals surface area contributed by atoms with E-state index in [0.29, 0.717) is 17.2 Å². The quantitative estimate of drug-likeness (QED) is 0.181. The molecule has 0 bridgehead atoms. The third-order valence-corrected chi connectivity index (χ3v) is 9.02. The van der Waals surface area contributed by atoms with Gasteiger partial charge < -0.3 is 41.5 Å². The van der Waals surface area contributed by atoms with E-state index < -0.39 is 75.6 Å². The van der Waals surface area contributed by atoms with Crippen LogP contribution in [0.25, 0.3) is 5.76 Å². The van der Waals surface area contributed by atoms with Crippen molar-refractivity contribution in [1.82, 2.24) is 10.2 Å². The number of anilines is 1. The number of phenolic OH excluding ortho intramolecular Hbond substituents is 1. The van der Waals surface area contributed by atoms with Crippen LogP contribution < -0.4 is 16.0 Å². The number of carbonyl (C=O) groups is 3. The van der Waals surface area contributed by atoms with Crippen LogP contribution in [0.5, 0.6) is 5.75 Å². The van der Waals surface area contributed by atoms with E-state index in [1.807, 2.05) is 6.92 Å².